The number of carbonyl (C=O) groups excluding carboxylic acids is 1. The van der Waals surface area contributed by atoms with Crippen molar-refractivity contribution in [2.24, 2.45) is 0 Å². The van der Waals surface area contributed by atoms with E-state index in [-0.39, 0.29) is 0 Å². The van der Waals surface area contributed by atoms with Crippen molar-refractivity contribution < 1.29 is 23.4 Å². The lowest BCUT2D eigenvalue weighted by molar-refractivity contribution is 0.0487. The number of esters is 1. The molecule has 0 N–H and O–H groups in total. The van der Waals surface area contributed by atoms with E-state index in [1.54, 1.807) is 6.92 Å². The number of benzene rings is 2. The number of rotatable bonds is 6. The quantitative estimate of drug-likeness (QED) is 0.562. The summed E-state index contributed by atoms with van der Waals surface area (Å²) >= 11 is 0. The van der Waals surface area contributed by atoms with Crippen LogP contribution in [-0.2, 0) is 17.8 Å². The van der Waals surface area contributed by atoms with E-state index in [1.165, 1.54) is 5.56 Å². The predicted octanol–water partition coefficient (Wildman–Crippen LogP) is 3.66. The van der Waals surface area contributed by atoms with Crippen LogP contribution in [0.15, 0.2) is 46.9 Å². The highest BCUT2D eigenvalue weighted by atomic mass is 16.7. The maximum atomic E-state index is 12.5. The third-order valence-corrected chi connectivity index (χ3v) is 5.85. The second-order valence-electron chi connectivity index (χ2n) is 7.87. The van der Waals surface area contributed by atoms with E-state index in [9.17, 15) is 4.79 Å². The molecule has 1 aromatic heterocycles. The number of hydrogen-bond acceptors (Lipinski definition) is 7. The van der Waals surface area contributed by atoms with E-state index >= 15 is 0 Å². The minimum atomic E-state index is -0.393. The summed E-state index contributed by atoms with van der Waals surface area (Å²) < 4.78 is 22.0. The van der Waals surface area contributed by atoms with Crippen molar-refractivity contribution in [3.8, 4) is 11.5 Å². The van der Waals surface area contributed by atoms with Crippen LogP contribution in [0.4, 0.5) is 0 Å². The Morgan fingerprint density at radius 3 is 2.52 bits per heavy atom. The van der Waals surface area contributed by atoms with Crippen LogP contribution in [0.5, 0.6) is 11.5 Å². The van der Waals surface area contributed by atoms with E-state index in [4.69, 9.17) is 18.6 Å². The fourth-order valence-electron chi connectivity index (χ4n) is 4.24. The Morgan fingerprint density at radius 2 is 1.71 bits per heavy atom. The molecule has 2 aliphatic heterocycles. The van der Waals surface area contributed by atoms with Gasteiger partial charge in [-0.25, -0.2) is 4.79 Å². The van der Waals surface area contributed by atoms with Crippen LogP contribution in [0, 0.1) is 0 Å². The Kier molecular flexibility index (Phi) is 5.53. The first-order valence-electron chi connectivity index (χ1n) is 10.7. The highest BCUT2D eigenvalue weighted by Crippen LogP contribution is 2.33. The monoisotopic (exact) mass is 422 g/mol. The molecule has 2 aromatic carbocycles. The molecule has 5 rings (SSSR count). The molecule has 0 aliphatic carbocycles. The molecule has 0 bridgehead atoms. The molecular weight excluding hydrogens is 396 g/mol. The number of piperazine rings is 1. The Hall–Kier alpha value is -3.03. The summed E-state index contributed by atoms with van der Waals surface area (Å²) in [5.41, 5.74) is 2.86. The number of para-hydroxylation sites is 1. The third-order valence-electron chi connectivity index (χ3n) is 5.85. The molecule has 162 valence electrons. The lowest BCUT2D eigenvalue weighted by Crippen LogP contribution is -2.45. The van der Waals surface area contributed by atoms with Gasteiger partial charge in [-0.05, 0) is 30.7 Å². The lowest BCUT2D eigenvalue weighted by atomic mass is 10.1. The molecule has 0 unspecified atom stereocenters. The fraction of sp³-hybridized carbons (Fsp3) is 0.375. The SMILES string of the molecule is CCOC(=O)c1oc2ccccc2c1CN1CCN(Cc2ccc3c(c2)OCO3)CC1. The summed E-state index contributed by atoms with van der Waals surface area (Å²) in [4.78, 5) is 17.3. The molecule has 0 amide bonds. The van der Waals surface area contributed by atoms with Gasteiger partial charge in [-0.15, -0.1) is 0 Å². The molecule has 31 heavy (non-hydrogen) atoms. The van der Waals surface area contributed by atoms with Crippen LogP contribution >= 0.6 is 0 Å². The summed E-state index contributed by atoms with van der Waals surface area (Å²) in [6.07, 6.45) is 0. The number of carbonyl (C=O) groups is 1. The summed E-state index contributed by atoms with van der Waals surface area (Å²) in [6, 6.07) is 13.9. The second kappa shape index (κ2) is 8.61. The second-order valence-corrected chi connectivity index (χ2v) is 7.87. The maximum absolute atomic E-state index is 12.5. The molecule has 1 saturated heterocycles. The van der Waals surface area contributed by atoms with Crippen LogP contribution in [0.2, 0.25) is 0 Å². The zero-order chi connectivity index (χ0) is 21.2. The van der Waals surface area contributed by atoms with Gasteiger partial charge in [-0.3, -0.25) is 9.80 Å². The Bertz CT molecular complexity index is 1080. The number of ether oxygens (including phenoxy) is 3. The topological polar surface area (TPSA) is 64.4 Å². The van der Waals surface area contributed by atoms with E-state index in [0.29, 0.717) is 25.7 Å². The average molecular weight is 422 g/mol. The van der Waals surface area contributed by atoms with Crippen molar-refractivity contribution in [2.45, 2.75) is 20.0 Å². The number of nitrogens with zero attached hydrogens (tertiary/aromatic N) is 2. The third kappa shape index (κ3) is 4.11. The van der Waals surface area contributed by atoms with Crippen molar-refractivity contribution in [2.75, 3.05) is 39.6 Å². The number of furan rings is 1. The number of fused-ring (bicyclic) bond motifs is 2. The van der Waals surface area contributed by atoms with Crippen molar-refractivity contribution in [1.29, 1.82) is 0 Å². The first-order chi connectivity index (χ1) is 15.2. The maximum Gasteiger partial charge on any atom is 0.374 e. The van der Waals surface area contributed by atoms with Gasteiger partial charge < -0.3 is 18.6 Å². The van der Waals surface area contributed by atoms with E-state index in [2.05, 4.69) is 21.9 Å². The van der Waals surface area contributed by atoms with Gasteiger partial charge in [-0.2, -0.15) is 0 Å². The molecule has 0 saturated carbocycles. The normalized spacial score (nSPS) is 16.7. The molecule has 0 radical (unpaired) electrons. The van der Waals surface area contributed by atoms with Gasteiger partial charge in [0.05, 0.1) is 6.61 Å². The highest BCUT2D eigenvalue weighted by molar-refractivity contribution is 5.96. The van der Waals surface area contributed by atoms with E-state index in [0.717, 1.165) is 60.8 Å². The molecule has 3 heterocycles. The molecule has 2 aliphatic rings. The van der Waals surface area contributed by atoms with Gasteiger partial charge in [0.1, 0.15) is 5.58 Å². The van der Waals surface area contributed by atoms with Gasteiger partial charge in [0.25, 0.3) is 0 Å². The zero-order valence-corrected chi connectivity index (χ0v) is 17.6. The van der Waals surface area contributed by atoms with Crippen molar-refractivity contribution >= 4 is 16.9 Å². The van der Waals surface area contributed by atoms with Crippen LogP contribution in [-0.4, -0.2) is 55.3 Å². The smallest absolute Gasteiger partial charge is 0.374 e. The van der Waals surface area contributed by atoms with Crippen LogP contribution < -0.4 is 9.47 Å². The molecule has 3 aromatic rings. The summed E-state index contributed by atoms with van der Waals surface area (Å²) in [5.74, 6) is 1.58. The van der Waals surface area contributed by atoms with Crippen LogP contribution in [0.1, 0.15) is 28.6 Å². The predicted molar refractivity (Wildman–Crippen MR) is 115 cm³/mol. The molecule has 0 spiro atoms. The standard InChI is InChI=1S/C24H26N2O5/c1-2-28-24(27)23-19(18-5-3-4-6-20(18)31-23)15-26-11-9-25(10-12-26)14-17-7-8-21-22(13-17)30-16-29-21/h3-8,13H,2,9-12,14-16H2,1H3. The number of hydrogen-bond donors (Lipinski definition) is 0. The lowest BCUT2D eigenvalue weighted by Gasteiger charge is -2.34. The largest absolute Gasteiger partial charge is 0.460 e. The molecule has 7 heteroatoms. The fourth-order valence-corrected chi connectivity index (χ4v) is 4.24. The Balaban J connectivity index is 1.25. The van der Waals surface area contributed by atoms with Gasteiger partial charge in [0, 0.05) is 50.2 Å². The van der Waals surface area contributed by atoms with Crippen LogP contribution in [0.3, 0.4) is 0 Å². The van der Waals surface area contributed by atoms with E-state index < -0.39 is 5.97 Å². The summed E-state index contributed by atoms with van der Waals surface area (Å²) in [5, 5.41) is 0.980. The van der Waals surface area contributed by atoms with Gasteiger partial charge >= 0.3 is 5.97 Å². The van der Waals surface area contributed by atoms with Gasteiger partial charge in [-0.1, -0.05) is 24.3 Å². The van der Waals surface area contributed by atoms with Crippen molar-refractivity contribution in [1.82, 2.24) is 9.80 Å². The van der Waals surface area contributed by atoms with Crippen molar-refractivity contribution in [3.63, 3.8) is 0 Å². The average Bonchev–Trinajstić information content (AvgIpc) is 3.40. The summed E-state index contributed by atoms with van der Waals surface area (Å²) in [7, 11) is 0. The molecule has 0 atom stereocenters. The summed E-state index contributed by atoms with van der Waals surface area (Å²) in [6.45, 7) is 7.74. The molecule has 1 fully saturated rings. The highest BCUT2D eigenvalue weighted by Gasteiger charge is 2.25. The minimum Gasteiger partial charge on any atom is -0.460 e. The first-order valence-corrected chi connectivity index (χ1v) is 10.7. The molecule has 7 nitrogen and oxygen atoms in total. The van der Waals surface area contributed by atoms with Crippen LogP contribution in [0.25, 0.3) is 11.0 Å². The van der Waals surface area contributed by atoms with Gasteiger partial charge in [0.2, 0.25) is 12.6 Å². The first kappa shape index (κ1) is 19.9. The molecular formula is C24H26N2O5. The minimum absolute atomic E-state index is 0.300. The Labute approximate surface area is 181 Å². The van der Waals surface area contributed by atoms with E-state index in [1.807, 2.05) is 30.3 Å². The Morgan fingerprint density at radius 1 is 0.968 bits per heavy atom. The van der Waals surface area contributed by atoms with Crippen molar-refractivity contribution in [3.05, 3.63) is 59.4 Å². The zero-order valence-electron chi connectivity index (χ0n) is 17.6. The van der Waals surface area contributed by atoms with Gasteiger partial charge in [0.15, 0.2) is 11.5 Å².